The first kappa shape index (κ1) is 16.8. The van der Waals surface area contributed by atoms with Crippen molar-refractivity contribution in [3.05, 3.63) is 65.1 Å². The van der Waals surface area contributed by atoms with E-state index >= 15 is 0 Å². The first-order valence-electron chi connectivity index (χ1n) is 8.79. The zero-order valence-electron chi connectivity index (χ0n) is 14.3. The molecule has 1 aliphatic carbocycles. The van der Waals surface area contributed by atoms with Crippen LogP contribution in [-0.2, 0) is 5.75 Å². The molecule has 1 N–H and O–H groups in total. The van der Waals surface area contributed by atoms with Gasteiger partial charge in [0.15, 0.2) is 11.0 Å². The largest absolute Gasteiger partial charge is 0.360 e. The number of thioether (sulfide) groups is 1. The van der Waals surface area contributed by atoms with E-state index in [4.69, 9.17) is 11.6 Å². The van der Waals surface area contributed by atoms with Gasteiger partial charge in [-0.05, 0) is 31.0 Å². The second-order valence-electron chi connectivity index (χ2n) is 6.64. The number of rotatable bonds is 5. The minimum Gasteiger partial charge on any atom is -0.360 e. The highest BCUT2D eigenvalue weighted by Crippen LogP contribution is 2.43. The molecule has 2 aromatic carbocycles. The topological polar surface area (TPSA) is 46.5 Å². The van der Waals surface area contributed by atoms with Crippen molar-refractivity contribution < 1.29 is 4.39 Å². The Morgan fingerprint density at radius 3 is 2.81 bits per heavy atom. The zero-order chi connectivity index (χ0) is 18.4. The van der Waals surface area contributed by atoms with Gasteiger partial charge < -0.3 is 4.98 Å². The molecule has 1 saturated carbocycles. The number of hydrogen-bond acceptors (Lipinski definition) is 3. The smallest absolute Gasteiger partial charge is 0.192 e. The summed E-state index contributed by atoms with van der Waals surface area (Å²) in [5.74, 6) is 0.992. The number of hydrogen-bond donors (Lipinski definition) is 1. The maximum atomic E-state index is 14.1. The van der Waals surface area contributed by atoms with Gasteiger partial charge in [-0.1, -0.05) is 47.6 Å². The molecular weight excluding hydrogens is 383 g/mol. The van der Waals surface area contributed by atoms with Crippen molar-refractivity contribution in [2.75, 3.05) is 0 Å². The van der Waals surface area contributed by atoms with Crippen LogP contribution >= 0.6 is 23.4 Å². The molecule has 136 valence electrons. The summed E-state index contributed by atoms with van der Waals surface area (Å²) in [4.78, 5) is 3.30. The van der Waals surface area contributed by atoms with E-state index in [-0.39, 0.29) is 5.82 Å². The molecule has 4 aromatic rings. The Kier molecular flexibility index (Phi) is 4.17. The van der Waals surface area contributed by atoms with E-state index in [0.717, 1.165) is 40.3 Å². The second kappa shape index (κ2) is 6.69. The van der Waals surface area contributed by atoms with Gasteiger partial charge in [0.2, 0.25) is 0 Å². The van der Waals surface area contributed by atoms with Crippen molar-refractivity contribution in [1.29, 1.82) is 0 Å². The molecule has 4 nitrogen and oxygen atoms in total. The van der Waals surface area contributed by atoms with E-state index in [1.807, 2.05) is 24.4 Å². The summed E-state index contributed by atoms with van der Waals surface area (Å²) in [7, 11) is 0. The zero-order valence-corrected chi connectivity index (χ0v) is 15.9. The van der Waals surface area contributed by atoms with Crippen molar-refractivity contribution in [3.63, 3.8) is 0 Å². The maximum absolute atomic E-state index is 14.1. The molecule has 0 radical (unpaired) electrons. The summed E-state index contributed by atoms with van der Waals surface area (Å²) in [5.41, 5.74) is 2.62. The Balaban J connectivity index is 1.52. The number of nitrogens with one attached hydrogen (secondary N) is 1. The normalized spacial score (nSPS) is 14.1. The van der Waals surface area contributed by atoms with Crippen molar-refractivity contribution in [3.8, 4) is 11.4 Å². The number of fused-ring (bicyclic) bond motifs is 1. The SMILES string of the molecule is Fc1cccc(Cl)c1CSc1nnc(-c2c[nH]c3ccccc23)n1C1CC1. The number of nitrogens with zero attached hydrogens (tertiary/aromatic N) is 3. The number of para-hydroxylation sites is 1. The van der Waals surface area contributed by atoms with Gasteiger partial charge >= 0.3 is 0 Å². The molecule has 2 aromatic heterocycles. The molecule has 0 amide bonds. The minimum atomic E-state index is -0.288. The van der Waals surface area contributed by atoms with E-state index in [0.29, 0.717) is 22.4 Å². The number of benzene rings is 2. The summed E-state index contributed by atoms with van der Waals surface area (Å²) in [5, 5.41) is 11.3. The van der Waals surface area contributed by atoms with Gasteiger partial charge in [0.05, 0.1) is 0 Å². The third-order valence-corrected chi connectivity index (χ3v) is 6.14. The molecule has 2 heterocycles. The highest BCUT2D eigenvalue weighted by atomic mass is 35.5. The molecule has 5 rings (SSSR count). The average molecular weight is 399 g/mol. The summed E-state index contributed by atoms with van der Waals surface area (Å²) in [6.45, 7) is 0. The molecular formula is C20H16ClFN4S. The minimum absolute atomic E-state index is 0.288. The quantitative estimate of drug-likeness (QED) is 0.429. The average Bonchev–Trinajstić information content (AvgIpc) is 3.28. The molecule has 27 heavy (non-hydrogen) atoms. The predicted octanol–water partition coefficient (Wildman–Crippen LogP) is 5.85. The molecule has 0 bridgehead atoms. The molecule has 1 aliphatic rings. The Labute approximate surface area is 164 Å². The lowest BCUT2D eigenvalue weighted by atomic mass is 10.1. The lowest BCUT2D eigenvalue weighted by Crippen LogP contribution is -2.00. The standard InChI is InChI=1S/C20H16ClFN4S/c21-16-5-3-6-17(22)15(16)11-27-20-25-24-19(26(20)12-8-9-12)14-10-23-18-7-2-1-4-13(14)18/h1-7,10,12,23H,8-9,11H2. The van der Waals surface area contributed by atoms with Gasteiger partial charge in [-0.15, -0.1) is 10.2 Å². The molecule has 0 spiro atoms. The summed E-state index contributed by atoms with van der Waals surface area (Å²) >= 11 is 7.64. The Morgan fingerprint density at radius 1 is 1.15 bits per heavy atom. The van der Waals surface area contributed by atoms with Crippen LogP contribution in [0.2, 0.25) is 5.02 Å². The van der Waals surface area contributed by atoms with E-state index in [2.05, 4.69) is 25.8 Å². The number of H-pyrrole nitrogens is 1. The summed E-state index contributed by atoms with van der Waals surface area (Å²) < 4.78 is 16.3. The van der Waals surface area contributed by atoms with Gasteiger partial charge in [-0.2, -0.15) is 0 Å². The van der Waals surface area contributed by atoms with Crippen LogP contribution in [0.15, 0.2) is 53.8 Å². The fourth-order valence-electron chi connectivity index (χ4n) is 3.28. The van der Waals surface area contributed by atoms with Gasteiger partial charge in [-0.25, -0.2) is 4.39 Å². The van der Waals surface area contributed by atoms with Crippen LogP contribution in [0.25, 0.3) is 22.3 Å². The number of halogens is 2. The summed E-state index contributed by atoms with van der Waals surface area (Å²) in [6, 6.07) is 13.3. The molecule has 0 aliphatic heterocycles. The van der Waals surface area contributed by atoms with Crippen LogP contribution in [0.3, 0.4) is 0 Å². The second-order valence-corrected chi connectivity index (χ2v) is 7.99. The Morgan fingerprint density at radius 2 is 2.00 bits per heavy atom. The van der Waals surface area contributed by atoms with Gasteiger partial charge in [0.25, 0.3) is 0 Å². The fraction of sp³-hybridized carbons (Fsp3) is 0.200. The Hall–Kier alpha value is -2.31. The molecule has 0 atom stereocenters. The molecule has 1 fully saturated rings. The van der Waals surface area contributed by atoms with Gasteiger partial charge in [0, 0.05) is 45.0 Å². The van der Waals surface area contributed by atoms with Crippen molar-refractivity contribution >= 4 is 34.3 Å². The van der Waals surface area contributed by atoms with E-state index in [9.17, 15) is 4.39 Å². The van der Waals surface area contributed by atoms with E-state index < -0.39 is 0 Å². The highest BCUT2D eigenvalue weighted by Gasteiger charge is 2.31. The lowest BCUT2D eigenvalue weighted by molar-refractivity contribution is 0.617. The third kappa shape index (κ3) is 3.03. The van der Waals surface area contributed by atoms with E-state index in [1.165, 1.54) is 17.8 Å². The molecule has 7 heteroatoms. The van der Waals surface area contributed by atoms with Crippen LogP contribution in [0.4, 0.5) is 4.39 Å². The van der Waals surface area contributed by atoms with Crippen LogP contribution in [0.5, 0.6) is 0 Å². The maximum Gasteiger partial charge on any atom is 0.192 e. The number of aromatic amines is 1. The van der Waals surface area contributed by atoms with Gasteiger partial charge in [0.1, 0.15) is 5.82 Å². The molecule has 0 saturated heterocycles. The number of aromatic nitrogens is 4. The van der Waals surface area contributed by atoms with Crippen LogP contribution < -0.4 is 0 Å². The van der Waals surface area contributed by atoms with Crippen molar-refractivity contribution in [2.24, 2.45) is 0 Å². The first-order chi connectivity index (χ1) is 13.2. The fourth-order valence-corrected chi connectivity index (χ4v) is 4.63. The van der Waals surface area contributed by atoms with Crippen molar-refractivity contribution in [2.45, 2.75) is 29.8 Å². The third-order valence-electron chi connectivity index (χ3n) is 4.81. The van der Waals surface area contributed by atoms with Crippen molar-refractivity contribution in [1.82, 2.24) is 19.7 Å². The first-order valence-corrected chi connectivity index (χ1v) is 10.2. The Bertz CT molecular complexity index is 1110. The molecule has 0 unspecified atom stereocenters. The van der Waals surface area contributed by atoms with Crippen LogP contribution in [-0.4, -0.2) is 19.7 Å². The van der Waals surface area contributed by atoms with E-state index in [1.54, 1.807) is 12.1 Å². The van der Waals surface area contributed by atoms with Crippen LogP contribution in [0, 0.1) is 5.82 Å². The lowest BCUT2D eigenvalue weighted by Gasteiger charge is -2.09. The monoisotopic (exact) mass is 398 g/mol. The van der Waals surface area contributed by atoms with Crippen LogP contribution in [0.1, 0.15) is 24.4 Å². The predicted molar refractivity (Wildman–Crippen MR) is 107 cm³/mol. The van der Waals surface area contributed by atoms with Gasteiger partial charge in [-0.3, -0.25) is 4.57 Å². The summed E-state index contributed by atoms with van der Waals surface area (Å²) in [6.07, 6.45) is 4.21. The highest BCUT2D eigenvalue weighted by molar-refractivity contribution is 7.98.